The van der Waals surface area contributed by atoms with Crippen molar-refractivity contribution in [2.45, 2.75) is 63.2 Å². The molecule has 0 bridgehead atoms. The number of ether oxygens (including phenoxy) is 1. The average molecular weight is 412 g/mol. The lowest BCUT2D eigenvalue weighted by atomic mass is 9.83. The molecule has 1 unspecified atom stereocenters. The highest BCUT2D eigenvalue weighted by atomic mass is 19.3. The van der Waals surface area contributed by atoms with Crippen LogP contribution >= 0.6 is 0 Å². The van der Waals surface area contributed by atoms with Crippen LogP contribution in [-0.4, -0.2) is 44.8 Å². The summed E-state index contributed by atoms with van der Waals surface area (Å²) in [5, 5.41) is 4.28. The Morgan fingerprint density at radius 3 is 2.55 bits per heavy atom. The van der Waals surface area contributed by atoms with Crippen LogP contribution in [0.5, 0.6) is 0 Å². The average Bonchev–Trinajstić information content (AvgIpc) is 3.09. The molecule has 1 saturated heterocycles. The van der Waals surface area contributed by atoms with Crippen molar-refractivity contribution in [1.82, 2.24) is 19.7 Å². The van der Waals surface area contributed by atoms with Crippen molar-refractivity contribution in [3.05, 3.63) is 35.4 Å². The predicted molar refractivity (Wildman–Crippen MR) is 97.6 cm³/mol. The zero-order chi connectivity index (χ0) is 20.6. The van der Waals surface area contributed by atoms with E-state index in [4.69, 9.17) is 4.74 Å². The number of alkyl halides is 4. The molecule has 0 aromatic carbocycles. The third-order valence-electron chi connectivity index (χ3n) is 5.78. The Labute approximate surface area is 166 Å². The molecule has 0 N–H and O–H groups in total. The second-order valence-corrected chi connectivity index (χ2v) is 8.13. The summed E-state index contributed by atoms with van der Waals surface area (Å²) in [5.74, 6) is -6.43. The minimum absolute atomic E-state index is 0.0168. The maximum Gasteiger partial charge on any atom is 0.260 e. The van der Waals surface area contributed by atoms with Gasteiger partial charge in [0, 0.05) is 31.2 Å². The lowest BCUT2D eigenvalue weighted by Crippen LogP contribution is -2.37. The number of rotatable bonds is 4. The van der Waals surface area contributed by atoms with Gasteiger partial charge in [0.2, 0.25) is 5.92 Å². The van der Waals surface area contributed by atoms with Crippen molar-refractivity contribution in [1.29, 1.82) is 0 Å². The standard InChI is InChI=1S/C20H24F4N4O/c1-13-4-8-28(27-13)18-25-15(10-14-2-5-19(21,22)6-3-14)11-17(26-18)16-12-29-9-7-20(16,23)24/h4,8,11,14,16H,2-3,5-7,9-10,12H2,1H3. The highest BCUT2D eigenvalue weighted by Gasteiger charge is 2.44. The first-order chi connectivity index (χ1) is 13.7. The Hall–Kier alpha value is -2.03. The fourth-order valence-corrected chi connectivity index (χ4v) is 4.02. The van der Waals surface area contributed by atoms with Crippen molar-refractivity contribution in [3.8, 4) is 5.95 Å². The van der Waals surface area contributed by atoms with Crippen molar-refractivity contribution in [3.63, 3.8) is 0 Å². The van der Waals surface area contributed by atoms with Crippen LogP contribution in [0.3, 0.4) is 0 Å². The molecule has 2 fully saturated rings. The first kappa shape index (κ1) is 20.3. The van der Waals surface area contributed by atoms with Crippen molar-refractivity contribution in [2.75, 3.05) is 13.2 Å². The second-order valence-electron chi connectivity index (χ2n) is 8.13. The Morgan fingerprint density at radius 2 is 1.90 bits per heavy atom. The first-order valence-electron chi connectivity index (χ1n) is 9.96. The molecule has 4 rings (SSSR count). The van der Waals surface area contributed by atoms with Gasteiger partial charge in [-0.15, -0.1) is 0 Å². The van der Waals surface area contributed by atoms with E-state index < -0.39 is 17.8 Å². The molecule has 158 valence electrons. The van der Waals surface area contributed by atoms with E-state index in [0.29, 0.717) is 25.0 Å². The van der Waals surface area contributed by atoms with Gasteiger partial charge >= 0.3 is 0 Å². The molecule has 29 heavy (non-hydrogen) atoms. The van der Waals surface area contributed by atoms with E-state index in [2.05, 4.69) is 15.1 Å². The van der Waals surface area contributed by atoms with Gasteiger partial charge in [0.25, 0.3) is 11.9 Å². The molecule has 9 heteroatoms. The van der Waals surface area contributed by atoms with Gasteiger partial charge in [0.05, 0.1) is 30.5 Å². The summed E-state index contributed by atoms with van der Waals surface area (Å²) < 4.78 is 62.7. The maximum absolute atomic E-state index is 14.5. The minimum Gasteiger partial charge on any atom is -0.380 e. The lowest BCUT2D eigenvalue weighted by Gasteiger charge is -2.31. The zero-order valence-corrected chi connectivity index (χ0v) is 16.3. The van der Waals surface area contributed by atoms with E-state index in [1.165, 1.54) is 4.68 Å². The molecule has 5 nitrogen and oxygen atoms in total. The van der Waals surface area contributed by atoms with Crippen LogP contribution in [0.2, 0.25) is 0 Å². The molecular weight excluding hydrogens is 388 g/mol. The van der Waals surface area contributed by atoms with Crippen LogP contribution in [0.1, 0.15) is 55.1 Å². The molecule has 1 aliphatic heterocycles. The Kier molecular flexibility index (Phi) is 5.35. The normalized spacial score (nSPS) is 24.5. The highest BCUT2D eigenvalue weighted by Crippen LogP contribution is 2.40. The van der Waals surface area contributed by atoms with Crippen LogP contribution in [0.4, 0.5) is 17.6 Å². The number of aryl methyl sites for hydroxylation is 1. The van der Waals surface area contributed by atoms with E-state index >= 15 is 0 Å². The van der Waals surface area contributed by atoms with Gasteiger partial charge in [-0.3, -0.25) is 0 Å². The third-order valence-corrected chi connectivity index (χ3v) is 5.78. The van der Waals surface area contributed by atoms with Crippen LogP contribution in [0.15, 0.2) is 18.3 Å². The summed E-state index contributed by atoms with van der Waals surface area (Å²) in [6.07, 6.45) is 2.28. The van der Waals surface area contributed by atoms with Crippen LogP contribution in [0.25, 0.3) is 5.95 Å². The van der Waals surface area contributed by atoms with E-state index in [1.54, 1.807) is 18.3 Å². The fourth-order valence-electron chi connectivity index (χ4n) is 4.02. The van der Waals surface area contributed by atoms with E-state index in [1.807, 2.05) is 6.92 Å². The highest BCUT2D eigenvalue weighted by molar-refractivity contribution is 5.24. The zero-order valence-electron chi connectivity index (χ0n) is 16.3. The molecule has 1 aliphatic carbocycles. The van der Waals surface area contributed by atoms with Gasteiger partial charge in [-0.25, -0.2) is 32.2 Å². The molecule has 1 atom stereocenters. The lowest BCUT2D eigenvalue weighted by molar-refractivity contribution is -0.113. The van der Waals surface area contributed by atoms with Crippen molar-refractivity contribution >= 4 is 0 Å². The number of hydrogen-bond acceptors (Lipinski definition) is 4. The van der Waals surface area contributed by atoms with Crippen LogP contribution < -0.4 is 0 Å². The third kappa shape index (κ3) is 4.60. The molecule has 0 spiro atoms. The van der Waals surface area contributed by atoms with Gasteiger partial charge in [0.15, 0.2) is 0 Å². The number of aromatic nitrogens is 4. The summed E-state index contributed by atoms with van der Waals surface area (Å²) in [6, 6.07) is 3.36. The van der Waals surface area contributed by atoms with Gasteiger partial charge in [-0.1, -0.05) is 0 Å². The topological polar surface area (TPSA) is 52.8 Å². The molecule has 0 amide bonds. The first-order valence-corrected chi connectivity index (χ1v) is 9.96. The summed E-state index contributed by atoms with van der Waals surface area (Å²) in [4.78, 5) is 8.87. The Morgan fingerprint density at radius 1 is 1.14 bits per heavy atom. The molecular formula is C20H24F4N4O. The minimum atomic E-state index is -2.92. The summed E-state index contributed by atoms with van der Waals surface area (Å²) in [5.41, 5.74) is 1.54. The second kappa shape index (κ2) is 7.66. The monoisotopic (exact) mass is 412 g/mol. The Balaban J connectivity index is 1.65. The summed E-state index contributed by atoms with van der Waals surface area (Å²) >= 11 is 0. The molecule has 2 aliphatic rings. The molecule has 2 aromatic heterocycles. The Bertz CT molecular complexity index is 860. The fraction of sp³-hybridized carbons (Fsp3) is 0.650. The summed E-state index contributed by atoms with van der Waals surface area (Å²) in [7, 11) is 0. The van der Waals surface area contributed by atoms with Crippen LogP contribution in [-0.2, 0) is 11.2 Å². The molecule has 3 heterocycles. The predicted octanol–water partition coefficient (Wildman–Crippen LogP) is 4.48. The van der Waals surface area contributed by atoms with Gasteiger partial charge in [0.1, 0.15) is 0 Å². The molecule has 0 radical (unpaired) electrons. The van der Waals surface area contributed by atoms with Gasteiger partial charge < -0.3 is 4.74 Å². The maximum atomic E-state index is 14.5. The van der Waals surface area contributed by atoms with E-state index in [-0.39, 0.29) is 50.0 Å². The van der Waals surface area contributed by atoms with Crippen molar-refractivity contribution in [2.24, 2.45) is 5.92 Å². The van der Waals surface area contributed by atoms with E-state index in [0.717, 1.165) is 5.69 Å². The van der Waals surface area contributed by atoms with E-state index in [9.17, 15) is 17.6 Å². The largest absolute Gasteiger partial charge is 0.380 e. The van der Waals surface area contributed by atoms with Crippen molar-refractivity contribution < 1.29 is 22.3 Å². The SMILES string of the molecule is Cc1ccn(-c2nc(CC3CCC(F)(F)CC3)cc(C3COCCC3(F)F)n2)n1. The number of nitrogens with zero attached hydrogens (tertiary/aromatic N) is 4. The van der Waals surface area contributed by atoms with Gasteiger partial charge in [-0.2, -0.15) is 5.10 Å². The number of halogens is 4. The van der Waals surface area contributed by atoms with Crippen LogP contribution in [0, 0.1) is 12.8 Å². The van der Waals surface area contributed by atoms with Gasteiger partial charge in [-0.05, 0) is 44.2 Å². The number of hydrogen-bond donors (Lipinski definition) is 0. The quantitative estimate of drug-likeness (QED) is 0.695. The summed E-state index contributed by atoms with van der Waals surface area (Å²) in [6.45, 7) is 1.71. The smallest absolute Gasteiger partial charge is 0.260 e. The molecule has 1 saturated carbocycles. The molecule has 2 aromatic rings.